The summed E-state index contributed by atoms with van der Waals surface area (Å²) < 4.78 is 29.5. The number of ether oxygens (including phenoxy) is 5. The van der Waals surface area contributed by atoms with E-state index in [1.807, 2.05) is 19.3 Å². The number of anilines is 1. The fourth-order valence-corrected chi connectivity index (χ4v) is 8.71. The van der Waals surface area contributed by atoms with Crippen LogP contribution in [0.5, 0.6) is 5.75 Å². The average molecular weight is 977 g/mol. The second kappa shape index (κ2) is 24.4. The van der Waals surface area contributed by atoms with Gasteiger partial charge in [-0.05, 0) is 90.0 Å². The van der Waals surface area contributed by atoms with Crippen LogP contribution in [0.15, 0.2) is 48.1 Å². The Hall–Kier alpha value is -4.95. The topological polar surface area (TPSA) is 220 Å². The molecule has 3 N–H and O–H groups in total. The van der Waals surface area contributed by atoms with Crippen molar-refractivity contribution in [3.05, 3.63) is 58.7 Å². The Morgan fingerprint density at radius 3 is 2.43 bits per heavy atom. The van der Waals surface area contributed by atoms with Gasteiger partial charge in [0.25, 0.3) is 11.8 Å². The van der Waals surface area contributed by atoms with Crippen LogP contribution in [-0.4, -0.2) is 151 Å². The molecule has 3 aliphatic heterocycles. The third kappa shape index (κ3) is 14.5. The molecule has 3 heterocycles. The highest BCUT2D eigenvalue weighted by Gasteiger charge is 2.49. The number of rotatable bonds is 16. The van der Waals surface area contributed by atoms with Crippen LogP contribution in [0.2, 0.25) is 5.02 Å². The SMILES string of the molecule is COc1cc2cc(c1Cl)N(C)C(=O)CC(OC(=O)C(C)N(C)C(=O)C(CCSC)NC(=O)CCCCCN1C(=O)C=CC1=O)C(C)(C)OC(C)C1CC(O)(NC(=O)O1)C(OC)C=CC=C(C)C2. The zero-order valence-corrected chi connectivity index (χ0v) is 41.6. The van der Waals surface area contributed by atoms with E-state index in [0.717, 1.165) is 16.0 Å². The van der Waals surface area contributed by atoms with Crippen LogP contribution in [0.4, 0.5) is 10.5 Å². The minimum Gasteiger partial charge on any atom is -0.495 e. The molecule has 1 aromatic rings. The summed E-state index contributed by atoms with van der Waals surface area (Å²) in [6.07, 6.45) is 5.94. The van der Waals surface area contributed by atoms with Gasteiger partial charge in [-0.15, -0.1) is 0 Å². The maximum atomic E-state index is 14.4. The largest absolute Gasteiger partial charge is 0.495 e. The second-order valence-electron chi connectivity index (χ2n) is 17.6. The number of carbonyl (C=O) groups is 7. The van der Waals surface area contributed by atoms with E-state index in [2.05, 4.69) is 10.6 Å². The Balaban J connectivity index is 1.59. The monoisotopic (exact) mass is 975 g/mol. The molecule has 7 unspecified atom stereocenters. The molecule has 67 heavy (non-hydrogen) atoms. The van der Waals surface area contributed by atoms with Crippen LogP contribution in [0.25, 0.3) is 0 Å². The number of allylic oxidation sites excluding steroid dienone is 3. The molecule has 3 aliphatic rings. The first-order valence-corrected chi connectivity index (χ1v) is 24.0. The van der Waals surface area contributed by atoms with Gasteiger partial charge in [0.05, 0.1) is 25.3 Å². The molecule has 1 aromatic carbocycles. The van der Waals surface area contributed by atoms with Gasteiger partial charge in [-0.1, -0.05) is 41.8 Å². The number of carbonyl (C=O) groups excluding carboxylic acids is 7. The molecular formula is C47H66ClN5O13S. The van der Waals surface area contributed by atoms with E-state index >= 15 is 0 Å². The van der Waals surface area contributed by atoms with E-state index in [9.17, 15) is 38.7 Å². The summed E-state index contributed by atoms with van der Waals surface area (Å²) in [5, 5.41) is 17.3. The standard InChI is InChI=1S/C47H66ClN5O13S/c1-28-15-14-16-36(63-9)47(61)27-35(64-45(60)50-47)30(3)66-46(4,5)37(26-41(57)52(7)33-24-31(23-28)25-34(62-8)42(33)48)65-44(59)29(2)51(6)43(58)32(20-22-67-10)49-38(54)17-12-11-13-21-53-39(55)18-19-40(53)56/h14-16,18-19,24-25,29-30,32,35-37,61H,11-13,17,20-23,26-27H2,1-10H3,(H,49,54)(H,50,60). The third-order valence-electron chi connectivity index (χ3n) is 12.1. The van der Waals surface area contributed by atoms with Gasteiger partial charge in [0.1, 0.15) is 46.8 Å². The van der Waals surface area contributed by atoms with E-state index in [0.29, 0.717) is 42.9 Å². The Bertz CT molecular complexity index is 2080. The maximum Gasteiger partial charge on any atom is 0.409 e. The Morgan fingerprint density at radius 1 is 1.10 bits per heavy atom. The van der Waals surface area contributed by atoms with Crippen molar-refractivity contribution in [3.8, 4) is 5.75 Å². The number of nitrogens with one attached hydrogen (secondary N) is 2. The molecule has 370 valence electrons. The first-order chi connectivity index (χ1) is 31.5. The predicted octanol–water partition coefficient (Wildman–Crippen LogP) is 4.63. The van der Waals surface area contributed by atoms with E-state index in [1.165, 1.54) is 69.0 Å². The van der Waals surface area contributed by atoms with Crippen molar-refractivity contribution in [1.82, 2.24) is 20.4 Å². The molecule has 0 aromatic heterocycles. The van der Waals surface area contributed by atoms with Crippen molar-refractivity contribution in [1.29, 1.82) is 0 Å². The number of halogens is 1. The van der Waals surface area contributed by atoms with Crippen molar-refractivity contribution < 1.29 is 62.4 Å². The zero-order valence-electron chi connectivity index (χ0n) is 40.1. The number of hydrogen-bond acceptors (Lipinski definition) is 14. The minimum absolute atomic E-state index is 0.0982. The number of unbranched alkanes of at least 4 members (excludes halogenated alkanes) is 2. The van der Waals surface area contributed by atoms with Crippen molar-refractivity contribution in [2.45, 2.75) is 134 Å². The van der Waals surface area contributed by atoms with Gasteiger partial charge in [-0.2, -0.15) is 11.8 Å². The summed E-state index contributed by atoms with van der Waals surface area (Å²) in [5.74, 6) is -2.18. The van der Waals surface area contributed by atoms with E-state index < -0.39 is 78.1 Å². The van der Waals surface area contributed by atoms with Gasteiger partial charge < -0.3 is 43.9 Å². The van der Waals surface area contributed by atoms with Gasteiger partial charge in [0, 0.05) is 52.7 Å². The number of thioether (sulfide) groups is 1. The number of esters is 1. The summed E-state index contributed by atoms with van der Waals surface area (Å²) in [6, 6.07) is 1.33. The van der Waals surface area contributed by atoms with Gasteiger partial charge in [-0.25, -0.2) is 9.59 Å². The van der Waals surface area contributed by atoms with Crippen LogP contribution >= 0.6 is 23.4 Å². The summed E-state index contributed by atoms with van der Waals surface area (Å²) in [6.45, 7) is 8.44. The fraction of sp³-hybridized carbons (Fsp3) is 0.596. The number of hydrogen-bond donors (Lipinski definition) is 3. The number of methoxy groups -OCH3 is 2. The molecule has 0 saturated carbocycles. The van der Waals surface area contributed by atoms with E-state index in [1.54, 1.807) is 45.1 Å². The number of amides is 6. The van der Waals surface area contributed by atoms with Crippen LogP contribution in [0.3, 0.4) is 0 Å². The number of fused-ring (bicyclic) bond motifs is 4. The van der Waals surface area contributed by atoms with Crippen molar-refractivity contribution in [2.24, 2.45) is 0 Å². The lowest BCUT2D eigenvalue weighted by Crippen LogP contribution is -2.64. The molecule has 4 bridgehead atoms. The normalized spacial score (nSPS) is 24.3. The molecule has 1 saturated heterocycles. The zero-order chi connectivity index (χ0) is 49.8. The van der Waals surface area contributed by atoms with Gasteiger partial charge in [0.15, 0.2) is 5.72 Å². The Labute approximate surface area is 402 Å². The smallest absolute Gasteiger partial charge is 0.409 e. The number of alkyl carbamates (subject to hydrolysis) is 1. The van der Waals surface area contributed by atoms with Crippen LogP contribution < -0.4 is 20.3 Å². The van der Waals surface area contributed by atoms with E-state index in [-0.39, 0.29) is 48.6 Å². The van der Waals surface area contributed by atoms with Crippen LogP contribution in [0, 0.1) is 0 Å². The number of aliphatic hydroxyl groups is 1. The summed E-state index contributed by atoms with van der Waals surface area (Å²) >= 11 is 8.29. The molecule has 1 fully saturated rings. The fourth-order valence-electron chi connectivity index (χ4n) is 7.93. The lowest BCUT2D eigenvalue weighted by atomic mass is 9.93. The molecule has 0 radical (unpaired) electrons. The average Bonchev–Trinajstić information content (AvgIpc) is 3.59. The van der Waals surface area contributed by atoms with Crippen LogP contribution in [-0.2, 0) is 54.1 Å². The highest BCUT2D eigenvalue weighted by Crippen LogP contribution is 2.38. The van der Waals surface area contributed by atoms with Gasteiger partial charge >= 0.3 is 12.1 Å². The molecule has 4 rings (SSSR count). The first kappa shape index (κ1) is 54.7. The summed E-state index contributed by atoms with van der Waals surface area (Å²) in [5.41, 5.74) is -1.43. The predicted molar refractivity (Wildman–Crippen MR) is 252 cm³/mol. The molecule has 0 aliphatic carbocycles. The second-order valence-corrected chi connectivity index (χ2v) is 18.9. The first-order valence-electron chi connectivity index (χ1n) is 22.2. The number of imide groups is 1. The van der Waals surface area contributed by atoms with Crippen molar-refractivity contribution >= 4 is 70.6 Å². The molecule has 18 nitrogen and oxygen atoms in total. The molecular weight excluding hydrogens is 910 g/mol. The minimum atomic E-state index is -1.92. The highest BCUT2D eigenvalue weighted by atomic mass is 35.5. The van der Waals surface area contributed by atoms with Crippen molar-refractivity contribution in [3.63, 3.8) is 0 Å². The molecule has 20 heteroatoms. The molecule has 0 spiro atoms. The summed E-state index contributed by atoms with van der Waals surface area (Å²) in [7, 11) is 5.81. The van der Waals surface area contributed by atoms with Gasteiger partial charge in [-0.3, -0.25) is 34.2 Å². The molecule has 7 atom stereocenters. The lowest BCUT2D eigenvalue weighted by Gasteiger charge is -2.44. The Morgan fingerprint density at radius 2 is 1.79 bits per heavy atom. The number of nitrogens with zero attached hydrogens (tertiary/aromatic N) is 3. The lowest BCUT2D eigenvalue weighted by molar-refractivity contribution is -0.203. The maximum absolute atomic E-state index is 14.4. The van der Waals surface area contributed by atoms with Gasteiger partial charge in [0.2, 0.25) is 17.7 Å². The number of benzene rings is 1. The third-order valence-corrected chi connectivity index (χ3v) is 13.1. The quantitative estimate of drug-likeness (QED) is 0.117. The summed E-state index contributed by atoms with van der Waals surface area (Å²) in [4.78, 5) is 96.0. The van der Waals surface area contributed by atoms with Crippen molar-refractivity contribution in [2.75, 3.05) is 51.8 Å². The highest BCUT2D eigenvalue weighted by molar-refractivity contribution is 7.98. The van der Waals surface area contributed by atoms with E-state index in [4.69, 9.17) is 35.3 Å². The number of likely N-dealkylation sites (N-methyl/N-ethyl adjacent to an activating group) is 1. The molecule has 6 amide bonds. The van der Waals surface area contributed by atoms with Crippen LogP contribution in [0.1, 0.15) is 85.1 Å². The Kier molecular flexibility index (Phi) is 19.9.